The first-order valence-electron chi connectivity index (χ1n) is 3.91. The van der Waals surface area contributed by atoms with E-state index in [0.29, 0.717) is 0 Å². The van der Waals surface area contributed by atoms with Crippen LogP contribution in [-0.2, 0) is 9.59 Å². The number of hydrogen-bond donors (Lipinski definition) is 0. The predicted octanol–water partition coefficient (Wildman–Crippen LogP) is 1.89. The van der Waals surface area contributed by atoms with Gasteiger partial charge >= 0.3 is 6.15 Å². The minimum absolute atomic E-state index is 0.250. The molecule has 0 atom stereocenters. The van der Waals surface area contributed by atoms with E-state index in [-0.39, 0.29) is 12.3 Å². The van der Waals surface area contributed by atoms with Crippen molar-refractivity contribution in [1.29, 1.82) is 0 Å². The Hall–Kier alpha value is -1.60. The molecule has 0 aliphatic heterocycles. The summed E-state index contributed by atoms with van der Waals surface area (Å²) in [5, 5.41) is 0. The first-order valence-corrected chi connectivity index (χ1v) is 3.91. The topological polar surface area (TPSA) is 43.4 Å². The summed E-state index contributed by atoms with van der Waals surface area (Å²) < 4.78 is 5.41. The van der Waals surface area contributed by atoms with Gasteiger partial charge in [0.2, 0.25) is 0 Å². The van der Waals surface area contributed by atoms with E-state index in [9.17, 15) is 0 Å². The van der Waals surface area contributed by atoms with E-state index >= 15 is 0 Å². The molecule has 1 rings (SSSR count). The summed E-state index contributed by atoms with van der Waals surface area (Å²) in [6.45, 7) is 4.04. The van der Waals surface area contributed by atoms with Crippen molar-refractivity contribution in [2.24, 2.45) is 0 Å². The van der Waals surface area contributed by atoms with Crippen LogP contribution in [0.15, 0.2) is 30.3 Å². The Kier molecular flexibility index (Phi) is 6.20. The molecule has 0 saturated carbocycles. The number of carbonyl (C=O) groups excluding carboxylic acids is 2. The molecule has 0 aliphatic carbocycles. The molecule has 0 unspecified atom stereocenters. The van der Waals surface area contributed by atoms with E-state index in [0.717, 1.165) is 5.75 Å². The SMILES string of the molecule is CC(C)Oc1ccccc1.O=C=O. The minimum Gasteiger partial charge on any atom is -0.491 e. The van der Waals surface area contributed by atoms with Crippen LogP contribution in [0.1, 0.15) is 13.8 Å². The highest BCUT2D eigenvalue weighted by molar-refractivity contribution is 5.21. The van der Waals surface area contributed by atoms with Gasteiger partial charge in [-0.05, 0) is 26.0 Å². The first kappa shape index (κ1) is 11.4. The summed E-state index contributed by atoms with van der Waals surface area (Å²) in [5.74, 6) is 0.942. The molecule has 0 radical (unpaired) electrons. The predicted molar refractivity (Wildman–Crippen MR) is 47.2 cm³/mol. The molecule has 1 aromatic carbocycles. The quantitative estimate of drug-likeness (QED) is 0.698. The highest BCUT2D eigenvalue weighted by atomic mass is 16.5. The average molecular weight is 180 g/mol. The van der Waals surface area contributed by atoms with Gasteiger partial charge in [-0.15, -0.1) is 0 Å². The van der Waals surface area contributed by atoms with Crippen LogP contribution in [0.4, 0.5) is 0 Å². The smallest absolute Gasteiger partial charge is 0.373 e. The lowest BCUT2D eigenvalue weighted by molar-refractivity contribution is -0.191. The second kappa shape index (κ2) is 7.07. The Bertz CT molecular complexity index is 248. The molecule has 0 spiro atoms. The third-order valence-electron chi connectivity index (χ3n) is 1.11. The third-order valence-corrected chi connectivity index (χ3v) is 1.11. The van der Waals surface area contributed by atoms with Crippen molar-refractivity contribution in [1.82, 2.24) is 0 Å². The molecule has 0 fully saturated rings. The van der Waals surface area contributed by atoms with E-state index in [2.05, 4.69) is 0 Å². The number of rotatable bonds is 2. The van der Waals surface area contributed by atoms with Crippen molar-refractivity contribution in [3.63, 3.8) is 0 Å². The standard InChI is InChI=1S/C9H12O.CO2/c1-8(2)10-9-6-4-3-5-7-9;2-1-3/h3-8H,1-2H3;. The molecule has 0 saturated heterocycles. The van der Waals surface area contributed by atoms with Crippen LogP contribution in [0.2, 0.25) is 0 Å². The maximum atomic E-state index is 8.12. The molecular weight excluding hydrogens is 168 g/mol. The average Bonchev–Trinajstić information content (AvgIpc) is 2.06. The Balaban J connectivity index is 0.000000424. The van der Waals surface area contributed by atoms with Gasteiger partial charge in [0, 0.05) is 0 Å². The van der Waals surface area contributed by atoms with Gasteiger partial charge in [0.15, 0.2) is 0 Å². The largest absolute Gasteiger partial charge is 0.491 e. The van der Waals surface area contributed by atoms with Crippen molar-refractivity contribution in [2.45, 2.75) is 20.0 Å². The zero-order valence-corrected chi connectivity index (χ0v) is 7.69. The molecule has 0 bridgehead atoms. The van der Waals surface area contributed by atoms with Crippen molar-refractivity contribution in [2.75, 3.05) is 0 Å². The van der Waals surface area contributed by atoms with E-state index in [1.807, 2.05) is 44.2 Å². The summed E-state index contributed by atoms with van der Waals surface area (Å²) in [4.78, 5) is 16.2. The molecule has 0 N–H and O–H groups in total. The van der Waals surface area contributed by atoms with Gasteiger partial charge in [-0.2, -0.15) is 9.59 Å². The van der Waals surface area contributed by atoms with Crippen LogP contribution in [0.5, 0.6) is 5.75 Å². The van der Waals surface area contributed by atoms with Crippen molar-refractivity contribution in [3.05, 3.63) is 30.3 Å². The molecule has 3 nitrogen and oxygen atoms in total. The highest BCUT2D eigenvalue weighted by Gasteiger charge is 1.92. The van der Waals surface area contributed by atoms with Gasteiger partial charge in [0.05, 0.1) is 6.10 Å². The summed E-state index contributed by atoms with van der Waals surface area (Å²) in [7, 11) is 0. The molecule has 70 valence electrons. The van der Waals surface area contributed by atoms with Gasteiger partial charge in [-0.25, -0.2) is 0 Å². The second-order valence-corrected chi connectivity index (χ2v) is 2.56. The fraction of sp³-hybridized carbons (Fsp3) is 0.300. The van der Waals surface area contributed by atoms with E-state index in [1.54, 1.807) is 0 Å². The lowest BCUT2D eigenvalue weighted by atomic mass is 10.3. The second-order valence-electron chi connectivity index (χ2n) is 2.56. The lowest BCUT2D eigenvalue weighted by Crippen LogP contribution is -2.04. The van der Waals surface area contributed by atoms with Crippen molar-refractivity contribution in [3.8, 4) is 5.75 Å². The van der Waals surface area contributed by atoms with Gasteiger partial charge in [-0.3, -0.25) is 0 Å². The number of ether oxygens (including phenoxy) is 1. The molecule has 0 aliphatic rings. The third kappa shape index (κ3) is 6.78. The molecule has 0 aromatic heterocycles. The number of hydrogen-bond acceptors (Lipinski definition) is 3. The summed E-state index contributed by atoms with van der Waals surface area (Å²) in [6.07, 6.45) is 0.516. The monoisotopic (exact) mass is 180 g/mol. The van der Waals surface area contributed by atoms with E-state index in [4.69, 9.17) is 14.3 Å². The van der Waals surface area contributed by atoms with Crippen LogP contribution >= 0.6 is 0 Å². The van der Waals surface area contributed by atoms with Crippen molar-refractivity contribution >= 4 is 6.15 Å². The highest BCUT2D eigenvalue weighted by Crippen LogP contribution is 2.09. The maximum Gasteiger partial charge on any atom is 0.373 e. The van der Waals surface area contributed by atoms with Crippen LogP contribution in [0, 0.1) is 0 Å². The Morgan fingerprint density at radius 2 is 1.62 bits per heavy atom. The van der Waals surface area contributed by atoms with E-state index in [1.165, 1.54) is 0 Å². The van der Waals surface area contributed by atoms with Gasteiger partial charge < -0.3 is 4.74 Å². The normalized spacial score (nSPS) is 8.23. The van der Waals surface area contributed by atoms with E-state index < -0.39 is 0 Å². The zero-order chi connectivity index (χ0) is 10.1. The van der Waals surface area contributed by atoms with Gasteiger partial charge in [0.25, 0.3) is 0 Å². The van der Waals surface area contributed by atoms with Gasteiger partial charge in [-0.1, -0.05) is 18.2 Å². The summed E-state index contributed by atoms with van der Waals surface area (Å²) >= 11 is 0. The van der Waals surface area contributed by atoms with Crippen LogP contribution in [-0.4, -0.2) is 12.3 Å². The van der Waals surface area contributed by atoms with Crippen LogP contribution in [0.3, 0.4) is 0 Å². The maximum absolute atomic E-state index is 8.12. The summed E-state index contributed by atoms with van der Waals surface area (Å²) in [6, 6.07) is 9.84. The summed E-state index contributed by atoms with van der Waals surface area (Å²) in [5.41, 5.74) is 0. The van der Waals surface area contributed by atoms with Crippen molar-refractivity contribution < 1.29 is 14.3 Å². The fourth-order valence-electron chi connectivity index (χ4n) is 0.771. The Labute approximate surface area is 77.3 Å². The zero-order valence-electron chi connectivity index (χ0n) is 7.69. The molecular formula is C10H12O3. The van der Waals surface area contributed by atoms with Gasteiger partial charge in [0.1, 0.15) is 5.75 Å². The minimum atomic E-state index is 0.250. The number of para-hydroxylation sites is 1. The molecule has 0 amide bonds. The Morgan fingerprint density at radius 3 is 2.00 bits per heavy atom. The number of benzene rings is 1. The Morgan fingerprint density at radius 1 is 1.15 bits per heavy atom. The molecule has 3 heteroatoms. The first-order chi connectivity index (χ1) is 6.20. The lowest BCUT2D eigenvalue weighted by Gasteiger charge is -2.07. The van der Waals surface area contributed by atoms with Crippen LogP contribution in [0.25, 0.3) is 0 Å². The molecule has 1 aromatic rings. The fourth-order valence-corrected chi connectivity index (χ4v) is 0.771. The molecule has 0 heterocycles. The molecule has 13 heavy (non-hydrogen) atoms. The van der Waals surface area contributed by atoms with Crippen LogP contribution < -0.4 is 4.74 Å².